The Labute approximate surface area is 151 Å². The Morgan fingerprint density at radius 1 is 1.16 bits per heavy atom. The van der Waals surface area contributed by atoms with E-state index in [4.69, 9.17) is 14.8 Å². The number of unbranched alkanes of at least 4 members (excludes halogenated alkanes) is 1. The Balaban J connectivity index is 1.80. The van der Waals surface area contributed by atoms with Crippen LogP contribution < -0.4 is 14.9 Å². The number of rotatable bonds is 7. The van der Waals surface area contributed by atoms with E-state index in [-0.39, 0.29) is 6.61 Å². The molecule has 25 heavy (non-hydrogen) atoms. The average molecular weight is 357 g/mol. The predicted octanol–water partition coefficient (Wildman–Crippen LogP) is 3.67. The van der Waals surface area contributed by atoms with E-state index in [0.29, 0.717) is 0 Å². The van der Waals surface area contributed by atoms with Gasteiger partial charge in [-0.05, 0) is 55.3 Å². The van der Waals surface area contributed by atoms with Crippen LogP contribution in [0.1, 0.15) is 12.8 Å². The van der Waals surface area contributed by atoms with Crippen molar-refractivity contribution in [2.45, 2.75) is 12.8 Å². The summed E-state index contributed by atoms with van der Waals surface area (Å²) in [5, 5.41) is 12.1. The lowest BCUT2D eigenvalue weighted by Crippen LogP contribution is -2.09. The lowest BCUT2D eigenvalue weighted by Gasteiger charge is -2.05. The summed E-state index contributed by atoms with van der Waals surface area (Å²) < 4.78 is 8.55. The van der Waals surface area contributed by atoms with Crippen molar-refractivity contribution < 1.29 is 9.84 Å². The minimum atomic E-state index is 0.248. The highest BCUT2D eigenvalue weighted by atomic mass is 32.1. The minimum Gasteiger partial charge on any atom is -0.497 e. The fourth-order valence-electron chi connectivity index (χ4n) is 2.58. The number of anilines is 1. The molecule has 0 aliphatic carbocycles. The number of benzene rings is 2. The zero-order valence-electron chi connectivity index (χ0n) is 14.5. The maximum atomic E-state index is 8.80. The number of aryl methyl sites for hydroxylation is 1. The SMILES string of the molecule is COc1ccc2c(c1)sc(=Nc1ccc(NCCCCO)cc1)n2C. The van der Waals surface area contributed by atoms with Gasteiger partial charge in [-0.3, -0.25) is 0 Å². The highest BCUT2D eigenvalue weighted by molar-refractivity contribution is 7.16. The number of nitrogens with one attached hydrogen (secondary N) is 1. The van der Waals surface area contributed by atoms with Crippen molar-refractivity contribution >= 4 is 32.9 Å². The largest absolute Gasteiger partial charge is 0.497 e. The van der Waals surface area contributed by atoms with Gasteiger partial charge in [0.1, 0.15) is 5.75 Å². The monoisotopic (exact) mass is 357 g/mol. The third-order valence-corrected chi connectivity index (χ3v) is 5.12. The van der Waals surface area contributed by atoms with Crippen molar-refractivity contribution in [3.8, 4) is 5.75 Å². The summed E-state index contributed by atoms with van der Waals surface area (Å²) in [6.45, 7) is 1.11. The first-order valence-electron chi connectivity index (χ1n) is 8.34. The van der Waals surface area contributed by atoms with Gasteiger partial charge in [-0.2, -0.15) is 0 Å². The highest BCUT2D eigenvalue weighted by Gasteiger charge is 2.04. The van der Waals surface area contributed by atoms with Gasteiger partial charge < -0.3 is 19.7 Å². The zero-order valence-corrected chi connectivity index (χ0v) is 15.3. The number of nitrogens with zero attached hydrogens (tertiary/aromatic N) is 2. The summed E-state index contributed by atoms with van der Waals surface area (Å²) in [6.07, 6.45) is 1.79. The van der Waals surface area contributed by atoms with E-state index >= 15 is 0 Å². The smallest absolute Gasteiger partial charge is 0.190 e. The third kappa shape index (κ3) is 4.21. The molecule has 0 saturated carbocycles. The molecule has 6 heteroatoms. The van der Waals surface area contributed by atoms with Crippen molar-refractivity contribution in [1.82, 2.24) is 4.57 Å². The topological polar surface area (TPSA) is 58.8 Å². The summed E-state index contributed by atoms with van der Waals surface area (Å²) in [5.74, 6) is 0.859. The lowest BCUT2D eigenvalue weighted by molar-refractivity contribution is 0.286. The number of ether oxygens (including phenoxy) is 1. The van der Waals surface area contributed by atoms with Gasteiger partial charge in [0.25, 0.3) is 0 Å². The minimum absolute atomic E-state index is 0.248. The van der Waals surface area contributed by atoms with Gasteiger partial charge in [-0.25, -0.2) is 4.99 Å². The van der Waals surface area contributed by atoms with Crippen LogP contribution in [0.2, 0.25) is 0 Å². The Hall–Kier alpha value is -2.31. The number of methoxy groups -OCH3 is 1. The Bertz CT molecular complexity index is 897. The molecule has 5 nitrogen and oxygen atoms in total. The second-order valence-corrected chi connectivity index (χ2v) is 6.80. The van der Waals surface area contributed by atoms with Gasteiger partial charge in [0.2, 0.25) is 0 Å². The second kappa shape index (κ2) is 8.18. The van der Waals surface area contributed by atoms with Crippen LogP contribution in [-0.2, 0) is 7.05 Å². The fraction of sp³-hybridized carbons (Fsp3) is 0.316. The third-order valence-electron chi connectivity index (χ3n) is 4.02. The van der Waals surface area contributed by atoms with Crippen molar-refractivity contribution in [3.63, 3.8) is 0 Å². The number of aliphatic hydroxyl groups excluding tert-OH is 1. The summed E-state index contributed by atoms with van der Waals surface area (Å²) in [6, 6.07) is 14.2. The number of hydrogen-bond donors (Lipinski definition) is 2. The molecule has 0 unspecified atom stereocenters. The molecule has 2 aromatic carbocycles. The molecule has 0 radical (unpaired) electrons. The average Bonchev–Trinajstić information content (AvgIpc) is 2.95. The van der Waals surface area contributed by atoms with Crippen molar-refractivity contribution in [2.75, 3.05) is 25.6 Å². The molecule has 0 spiro atoms. The number of fused-ring (bicyclic) bond motifs is 1. The molecule has 0 aliphatic rings. The Morgan fingerprint density at radius 3 is 2.68 bits per heavy atom. The number of aliphatic hydroxyl groups is 1. The van der Waals surface area contributed by atoms with Crippen LogP contribution in [0, 0.1) is 0 Å². The number of thiazole rings is 1. The molecule has 0 atom stereocenters. The summed E-state index contributed by atoms with van der Waals surface area (Å²) >= 11 is 1.65. The lowest BCUT2D eigenvalue weighted by atomic mass is 10.2. The molecule has 1 aromatic heterocycles. The molecular formula is C19H23N3O2S. The first-order valence-corrected chi connectivity index (χ1v) is 9.16. The van der Waals surface area contributed by atoms with Crippen LogP contribution in [0.3, 0.4) is 0 Å². The molecule has 132 valence electrons. The predicted molar refractivity (Wildman–Crippen MR) is 104 cm³/mol. The van der Waals surface area contributed by atoms with E-state index in [2.05, 4.69) is 16.0 Å². The highest BCUT2D eigenvalue weighted by Crippen LogP contribution is 2.23. The van der Waals surface area contributed by atoms with Crippen LogP contribution in [0.4, 0.5) is 11.4 Å². The van der Waals surface area contributed by atoms with Gasteiger partial charge in [0.05, 0.1) is 23.0 Å². The standard InChI is InChI=1S/C19H23N3O2S/c1-22-17-10-9-16(24-2)13-18(17)25-19(22)21-15-7-5-14(6-8-15)20-11-3-4-12-23/h5-10,13,20,23H,3-4,11-12H2,1-2H3. The zero-order chi connectivity index (χ0) is 17.6. The molecule has 3 rings (SSSR count). The van der Waals surface area contributed by atoms with Gasteiger partial charge in [0, 0.05) is 25.9 Å². The van der Waals surface area contributed by atoms with E-state index < -0.39 is 0 Å². The first-order chi connectivity index (χ1) is 12.2. The summed E-state index contributed by atoms with van der Waals surface area (Å²) in [4.78, 5) is 5.71. The fourth-order valence-corrected chi connectivity index (χ4v) is 3.65. The first kappa shape index (κ1) is 17.5. The van der Waals surface area contributed by atoms with E-state index in [1.165, 1.54) is 0 Å². The normalized spacial score (nSPS) is 11.9. The van der Waals surface area contributed by atoms with Gasteiger partial charge in [-0.1, -0.05) is 11.3 Å². The molecule has 0 saturated heterocycles. The van der Waals surface area contributed by atoms with E-state index in [0.717, 1.165) is 51.5 Å². The van der Waals surface area contributed by atoms with Crippen LogP contribution in [-0.4, -0.2) is 29.9 Å². The second-order valence-electron chi connectivity index (χ2n) is 5.79. The Morgan fingerprint density at radius 2 is 1.96 bits per heavy atom. The van der Waals surface area contributed by atoms with E-state index in [1.807, 2.05) is 43.4 Å². The molecule has 3 aromatic rings. The Kier molecular flexibility index (Phi) is 5.73. The maximum absolute atomic E-state index is 8.80. The molecule has 0 aliphatic heterocycles. The number of hydrogen-bond acceptors (Lipinski definition) is 5. The quantitative estimate of drug-likeness (QED) is 0.635. The molecule has 2 N–H and O–H groups in total. The summed E-state index contributed by atoms with van der Waals surface area (Å²) in [7, 11) is 3.71. The molecule has 1 heterocycles. The summed E-state index contributed by atoms with van der Waals surface area (Å²) in [5.41, 5.74) is 3.14. The van der Waals surface area contributed by atoms with Crippen LogP contribution >= 0.6 is 11.3 Å². The molecule has 0 fully saturated rings. The van der Waals surface area contributed by atoms with Crippen molar-refractivity contribution in [3.05, 3.63) is 47.3 Å². The van der Waals surface area contributed by atoms with Gasteiger partial charge in [-0.15, -0.1) is 0 Å². The van der Waals surface area contributed by atoms with E-state index in [9.17, 15) is 0 Å². The van der Waals surface area contributed by atoms with Crippen LogP contribution in [0.5, 0.6) is 5.75 Å². The molecule has 0 bridgehead atoms. The maximum Gasteiger partial charge on any atom is 0.190 e. The molecule has 0 amide bonds. The van der Waals surface area contributed by atoms with Crippen LogP contribution in [0.15, 0.2) is 47.5 Å². The van der Waals surface area contributed by atoms with Crippen LogP contribution in [0.25, 0.3) is 10.2 Å². The van der Waals surface area contributed by atoms with Crippen molar-refractivity contribution in [2.24, 2.45) is 12.0 Å². The van der Waals surface area contributed by atoms with Gasteiger partial charge in [0.15, 0.2) is 4.80 Å². The van der Waals surface area contributed by atoms with E-state index in [1.54, 1.807) is 18.4 Å². The number of aromatic nitrogens is 1. The van der Waals surface area contributed by atoms with Crippen molar-refractivity contribution in [1.29, 1.82) is 0 Å². The molecular weight excluding hydrogens is 334 g/mol. The van der Waals surface area contributed by atoms with Gasteiger partial charge >= 0.3 is 0 Å².